The van der Waals surface area contributed by atoms with Gasteiger partial charge in [-0.1, -0.05) is 32.4 Å². The molecule has 0 radical (unpaired) electrons. The van der Waals surface area contributed by atoms with Crippen molar-refractivity contribution in [1.82, 2.24) is 9.97 Å². The summed E-state index contributed by atoms with van der Waals surface area (Å²) >= 11 is 5.62. The van der Waals surface area contributed by atoms with E-state index in [9.17, 15) is 4.79 Å². The summed E-state index contributed by atoms with van der Waals surface area (Å²) in [6.07, 6.45) is 2.86. The first-order valence-electron chi connectivity index (χ1n) is 4.18. The van der Waals surface area contributed by atoms with Gasteiger partial charge < -0.3 is 5.32 Å². The monoisotopic (exact) mass is 213 g/mol. The van der Waals surface area contributed by atoms with E-state index in [1.807, 2.05) is 20.8 Å². The Morgan fingerprint density at radius 1 is 1.43 bits per heavy atom. The minimum Gasteiger partial charge on any atom is -0.309 e. The highest BCUT2D eigenvalue weighted by Crippen LogP contribution is 2.16. The average molecular weight is 214 g/mol. The van der Waals surface area contributed by atoms with Gasteiger partial charge in [-0.25, -0.2) is 4.98 Å². The number of carbonyl (C=O) groups is 1. The number of aromatic nitrogens is 2. The molecule has 0 saturated heterocycles. The van der Waals surface area contributed by atoms with Gasteiger partial charge in [0.25, 0.3) is 0 Å². The maximum atomic E-state index is 11.5. The summed E-state index contributed by atoms with van der Waals surface area (Å²) in [5, 5.41) is 2.89. The van der Waals surface area contributed by atoms with E-state index in [1.165, 1.54) is 12.4 Å². The maximum Gasteiger partial charge on any atom is 0.230 e. The summed E-state index contributed by atoms with van der Waals surface area (Å²) in [5.41, 5.74) is -0.454. The van der Waals surface area contributed by atoms with E-state index in [0.717, 1.165) is 0 Å². The molecule has 76 valence electrons. The number of hydrogen-bond donors (Lipinski definition) is 1. The minimum atomic E-state index is -0.454. The van der Waals surface area contributed by atoms with E-state index in [-0.39, 0.29) is 11.1 Å². The molecule has 4 nitrogen and oxygen atoms in total. The van der Waals surface area contributed by atoms with Gasteiger partial charge in [-0.15, -0.1) is 0 Å². The zero-order chi connectivity index (χ0) is 10.8. The molecule has 14 heavy (non-hydrogen) atoms. The predicted molar refractivity (Wildman–Crippen MR) is 55.1 cm³/mol. The van der Waals surface area contributed by atoms with E-state index in [0.29, 0.717) is 5.82 Å². The Bertz CT molecular complexity index is 346. The number of carbonyl (C=O) groups excluding carboxylic acids is 1. The lowest BCUT2D eigenvalue weighted by molar-refractivity contribution is -0.123. The smallest absolute Gasteiger partial charge is 0.230 e. The molecule has 5 heteroatoms. The number of amides is 1. The van der Waals surface area contributed by atoms with Crippen LogP contribution in [-0.2, 0) is 4.79 Å². The molecule has 1 aromatic rings. The molecule has 0 aliphatic rings. The zero-order valence-corrected chi connectivity index (χ0v) is 9.09. The third-order valence-electron chi connectivity index (χ3n) is 1.53. The number of halogens is 1. The Morgan fingerprint density at radius 2 is 2.07 bits per heavy atom. The van der Waals surface area contributed by atoms with Gasteiger partial charge in [0.15, 0.2) is 5.82 Å². The SMILES string of the molecule is CC(C)(C)C(=O)Nc1cncc(Cl)n1. The second kappa shape index (κ2) is 3.92. The van der Waals surface area contributed by atoms with Crippen LogP contribution in [0.5, 0.6) is 0 Å². The lowest BCUT2D eigenvalue weighted by Gasteiger charge is -2.16. The molecular weight excluding hydrogens is 202 g/mol. The Kier molecular flexibility index (Phi) is 3.06. The number of rotatable bonds is 1. The van der Waals surface area contributed by atoms with Crippen molar-refractivity contribution >= 4 is 23.3 Å². The van der Waals surface area contributed by atoms with Crippen molar-refractivity contribution in [3.8, 4) is 0 Å². The highest BCUT2D eigenvalue weighted by atomic mass is 35.5. The minimum absolute atomic E-state index is 0.117. The molecule has 0 aromatic carbocycles. The van der Waals surface area contributed by atoms with Gasteiger partial charge in [-0.05, 0) is 0 Å². The van der Waals surface area contributed by atoms with Crippen molar-refractivity contribution in [3.05, 3.63) is 17.5 Å². The summed E-state index contributed by atoms with van der Waals surface area (Å²) in [6.45, 7) is 5.46. The molecule has 0 atom stereocenters. The van der Waals surface area contributed by atoms with E-state index >= 15 is 0 Å². The first-order valence-corrected chi connectivity index (χ1v) is 4.56. The van der Waals surface area contributed by atoms with Crippen molar-refractivity contribution in [2.24, 2.45) is 5.41 Å². The second-order valence-electron chi connectivity index (χ2n) is 3.93. The van der Waals surface area contributed by atoms with Crippen molar-refractivity contribution in [2.75, 3.05) is 5.32 Å². The van der Waals surface area contributed by atoms with Gasteiger partial charge in [-0.2, -0.15) is 0 Å². The lowest BCUT2D eigenvalue weighted by atomic mass is 9.96. The van der Waals surface area contributed by atoms with Gasteiger partial charge in [0.1, 0.15) is 5.15 Å². The van der Waals surface area contributed by atoms with E-state index in [2.05, 4.69) is 15.3 Å². The average Bonchev–Trinajstić information content (AvgIpc) is 2.02. The van der Waals surface area contributed by atoms with E-state index in [1.54, 1.807) is 0 Å². The van der Waals surface area contributed by atoms with Crippen molar-refractivity contribution in [2.45, 2.75) is 20.8 Å². The fourth-order valence-electron chi connectivity index (χ4n) is 0.706. The predicted octanol–water partition coefficient (Wildman–Crippen LogP) is 2.11. The Morgan fingerprint density at radius 3 is 2.57 bits per heavy atom. The van der Waals surface area contributed by atoms with Crippen LogP contribution in [0.3, 0.4) is 0 Å². The Labute approximate surface area is 87.7 Å². The van der Waals surface area contributed by atoms with Crippen LogP contribution in [0.25, 0.3) is 0 Å². The molecule has 0 aliphatic heterocycles. The van der Waals surface area contributed by atoms with Gasteiger partial charge in [0.2, 0.25) is 5.91 Å². The fraction of sp³-hybridized carbons (Fsp3) is 0.444. The van der Waals surface area contributed by atoms with Crippen LogP contribution >= 0.6 is 11.6 Å². The van der Waals surface area contributed by atoms with Crippen LogP contribution in [-0.4, -0.2) is 15.9 Å². The largest absolute Gasteiger partial charge is 0.309 e. The van der Waals surface area contributed by atoms with Gasteiger partial charge in [0.05, 0.1) is 12.4 Å². The number of hydrogen-bond acceptors (Lipinski definition) is 3. The summed E-state index contributed by atoms with van der Waals surface area (Å²) < 4.78 is 0. The van der Waals surface area contributed by atoms with E-state index in [4.69, 9.17) is 11.6 Å². The quantitative estimate of drug-likeness (QED) is 0.778. The van der Waals surface area contributed by atoms with Gasteiger partial charge >= 0.3 is 0 Å². The molecule has 0 bridgehead atoms. The number of nitrogens with zero attached hydrogens (tertiary/aromatic N) is 2. The van der Waals surface area contributed by atoms with Crippen LogP contribution in [0.15, 0.2) is 12.4 Å². The molecule has 0 fully saturated rings. The first-order chi connectivity index (χ1) is 6.39. The van der Waals surface area contributed by atoms with Crippen LogP contribution < -0.4 is 5.32 Å². The van der Waals surface area contributed by atoms with Crippen molar-refractivity contribution in [1.29, 1.82) is 0 Å². The van der Waals surface area contributed by atoms with Gasteiger partial charge in [0, 0.05) is 5.41 Å². The molecule has 1 N–H and O–H groups in total. The van der Waals surface area contributed by atoms with E-state index < -0.39 is 5.41 Å². The molecule has 1 heterocycles. The lowest BCUT2D eigenvalue weighted by Crippen LogP contribution is -2.28. The highest BCUT2D eigenvalue weighted by molar-refractivity contribution is 6.29. The summed E-state index contributed by atoms with van der Waals surface area (Å²) in [7, 11) is 0. The molecule has 1 amide bonds. The van der Waals surface area contributed by atoms with Crippen LogP contribution in [0, 0.1) is 5.41 Å². The molecule has 0 unspecified atom stereocenters. The third-order valence-corrected chi connectivity index (χ3v) is 1.71. The fourth-order valence-corrected chi connectivity index (χ4v) is 0.854. The molecule has 0 saturated carbocycles. The standard InChI is InChI=1S/C9H12ClN3O/c1-9(2,3)8(14)13-7-5-11-4-6(10)12-7/h4-5H,1-3H3,(H,12,13,14). The van der Waals surface area contributed by atoms with Crippen molar-refractivity contribution in [3.63, 3.8) is 0 Å². The molecule has 1 rings (SSSR count). The summed E-state index contributed by atoms with van der Waals surface area (Å²) in [5.74, 6) is 0.256. The molecule has 0 aliphatic carbocycles. The number of nitrogens with one attached hydrogen (secondary N) is 1. The third kappa shape index (κ3) is 2.96. The zero-order valence-electron chi connectivity index (χ0n) is 8.34. The Hall–Kier alpha value is -1.16. The molecular formula is C9H12ClN3O. The molecule has 1 aromatic heterocycles. The van der Waals surface area contributed by atoms with Crippen molar-refractivity contribution < 1.29 is 4.79 Å². The molecule has 0 spiro atoms. The highest BCUT2D eigenvalue weighted by Gasteiger charge is 2.21. The first kappa shape index (κ1) is 10.9. The Balaban J connectivity index is 2.75. The summed E-state index contributed by atoms with van der Waals surface area (Å²) in [6, 6.07) is 0. The van der Waals surface area contributed by atoms with Crippen LogP contribution in [0.1, 0.15) is 20.8 Å². The van der Waals surface area contributed by atoms with Gasteiger partial charge in [-0.3, -0.25) is 9.78 Å². The van der Waals surface area contributed by atoms with Crippen LogP contribution in [0.4, 0.5) is 5.82 Å². The summed E-state index contributed by atoms with van der Waals surface area (Å²) in [4.78, 5) is 19.2. The second-order valence-corrected chi connectivity index (χ2v) is 4.32. The number of anilines is 1. The van der Waals surface area contributed by atoms with Crippen LogP contribution in [0.2, 0.25) is 5.15 Å². The normalized spacial score (nSPS) is 11.1. The maximum absolute atomic E-state index is 11.5. The topological polar surface area (TPSA) is 54.9 Å².